The van der Waals surface area contributed by atoms with Gasteiger partial charge in [0.05, 0.1) is 28.3 Å². The highest BCUT2D eigenvalue weighted by Gasteiger charge is 2.28. The molecule has 5 rings (SSSR count). The molecule has 0 atom stereocenters. The van der Waals surface area contributed by atoms with Crippen molar-refractivity contribution in [3.63, 3.8) is 0 Å². The maximum atomic E-state index is 13.5. The molecule has 0 unspecified atom stereocenters. The quantitative estimate of drug-likeness (QED) is 0.241. The summed E-state index contributed by atoms with van der Waals surface area (Å²) in [5, 5.41) is 4.81. The Hall–Kier alpha value is -2.71. The molecule has 0 spiro atoms. The van der Waals surface area contributed by atoms with E-state index < -0.39 is 10.0 Å². The second-order valence-corrected chi connectivity index (χ2v) is 13.8. The van der Waals surface area contributed by atoms with Crippen molar-refractivity contribution in [3.05, 3.63) is 64.5 Å². The van der Waals surface area contributed by atoms with Gasteiger partial charge in [-0.25, -0.2) is 13.4 Å². The van der Waals surface area contributed by atoms with Gasteiger partial charge in [0.2, 0.25) is 10.0 Å². The van der Waals surface area contributed by atoms with Crippen molar-refractivity contribution >= 4 is 53.8 Å². The summed E-state index contributed by atoms with van der Waals surface area (Å²) in [5.74, 6) is -0.294. The second-order valence-electron chi connectivity index (χ2n) is 9.68. The van der Waals surface area contributed by atoms with Crippen LogP contribution in [0.3, 0.4) is 0 Å². The first-order valence-corrected chi connectivity index (χ1v) is 16.5. The monoisotopic (exact) mass is 614 g/mol. The second kappa shape index (κ2) is 13.1. The number of hydrogen-bond acceptors (Lipinski definition) is 9. The van der Waals surface area contributed by atoms with Crippen molar-refractivity contribution in [2.24, 2.45) is 0 Å². The number of fused-ring (bicyclic) bond motifs is 2. The molecule has 12 heteroatoms. The summed E-state index contributed by atoms with van der Waals surface area (Å²) in [6.07, 6.45) is 0.899. The summed E-state index contributed by atoms with van der Waals surface area (Å²) in [6.45, 7) is 5.89. The van der Waals surface area contributed by atoms with Crippen LogP contribution in [0.15, 0.2) is 53.4 Å². The molecule has 41 heavy (non-hydrogen) atoms. The van der Waals surface area contributed by atoms with Crippen molar-refractivity contribution in [2.75, 3.05) is 58.9 Å². The van der Waals surface area contributed by atoms with Gasteiger partial charge in [-0.15, -0.1) is 22.7 Å². The number of thiophene rings is 1. The number of ether oxygens (including phenoxy) is 2. The Morgan fingerprint density at radius 3 is 2.41 bits per heavy atom. The molecule has 4 aromatic rings. The van der Waals surface area contributed by atoms with E-state index in [1.54, 1.807) is 34.8 Å². The molecule has 0 aliphatic carbocycles. The van der Waals surface area contributed by atoms with Crippen molar-refractivity contribution in [3.8, 4) is 10.6 Å². The highest BCUT2D eigenvalue weighted by molar-refractivity contribution is 7.89. The Labute approximate surface area is 248 Å². The molecule has 1 aliphatic heterocycles. The Kier molecular flexibility index (Phi) is 9.49. The molecule has 3 heterocycles. The van der Waals surface area contributed by atoms with Crippen LogP contribution in [-0.2, 0) is 32.5 Å². The number of likely N-dealkylation sites (N-methyl/N-ethyl adjacent to an activating group) is 1. The number of nitrogens with zero attached hydrogens (tertiary/aromatic N) is 3. The van der Waals surface area contributed by atoms with E-state index in [0.717, 1.165) is 51.8 Å². The number of para-hydroxylation sites is 1. The molecule has 1 N–H and O–H groups in total. The third kappa shape index (κ3) is 6.38. The summed E-state index contributed by atoms with van der Waals surface area (Å²) in [4.78, 5) is 22.1. The largest absolute Gasteiger partial charge is 0.383 e. The Morgan fingerprint density at radius 2 is 1.76 bits per heavy atom. The number of rotatable bonds is 12. The highest BCUT2D eigenvalue weighted by atomic mass is 32.2. The van der Waals surface area contributed by atoms with Gasteiger partial charge in [0.25, 0.3) is 5.91 Å². The normalized spacial score (nSPS) is 14.0. The van der Waals surface area contributed by atoms with Crippen LogP contribution in [0.2, 0.25) is 0 Å². The third-order valence-electron chi connectivity index (χ3n) is 7.16. The molecule has 2 aromatic heterocycles. The number of amides is 1. The molecular weight excluding hydrogens is 581 g/mol. The SMILES string of the molecule is CCN1CCc2c(sc(NC(=O)c3ccc(S(=O)(=O)N(CCOC)CCOC)cc3)c2-c2nc3ccccc3s2)C1. The first-order chi connectivity index (χ1) is 19.8. The number of benzene rings is 2. The Morgan fingerprint density at radius 1 is 1.05 bits per heavy atom. The number of nitrogens with one attached hydrogen (secondary N) is 1. The number of carbonyl (C=O) groups excluding carboxylic acids is 1. The van der Waals surface area contributed by atoms with E-state index in [2.05, 4.69) is 23.2 Å². The van der Waals surface area contributed by atoms with Crippen LogP contribution in [0.5, 0.6) is 0 Å². The van der Waals surface area contributed by atoms with E-state index in [0.29, 0.717) is 5.56 Å². The van der Waals surface area contributed by atoms with E-state index >= 15 is 0 Å². The summed E-state index contributed by atoms with van der Waals surface area (Å²) in [7, 11) is -0.724. The van der Waals surface area contributed by atoms with Crippen LogP contribution < -0.4 is 5.32 Å². The van der Waals surface area contributed by atoms with Gasteiger partial charge in [-0.1, -0.05) is 19.1 Å². The molecule has 0 saturated heterocycles. The summed E-state index contributed by atoms with van der Waals surface area (Å²) in [5.41, 5.74) is 3.57. The third-order valence-corrected chi connectivity index (χ3v) is 11.3. The topological polar surface area (TPSA) is 101 Å². The summed E-state index contributed by atoms with van der Waals surface area (Å²) in [6, 6.07) is 14.1. The zero-order valence-electron chi connectivity index (χ0n) is 23.4. The molecule has 0 bridgehead atoms. The molecule has 1 amide bonds. The highest BCUT2D eigenvalue weighted by Crippen LogP contribution is 2.45. The average Bonchev–Trinajstić information content (AvgIpc) is 3.57. The maximum absolute atomic E-state index is 13.5. The first-order valence-electron chi connectivity index (χ1n) is 13.5. The summed E-state index contributed by atoms with van der Waals surface area (Å²) >= 11 is 3.23. The lowest BCUT2D eigenvalue weighted by Crippen LogP contribution is -2.36. The number of sulfonamides is 1. The lowest BCUT2D eigenvalue weighted by molar-refractivity contribution is 0.102. The van der Waals surface area contributed by atoms with Gasteiger partial charge in [-0.05, 0) is 54.9 Å². The van der Waals surface area contributed by atoms with Crippen LogP contribution >= 0.6 is 22.7 Å². The molecule has 0 saturated carbocycles. The van der Waals surface area contributed by atoms with Crippen LogP contribution in [0.25, 0.3) is 20.8 Å². The van der Waals surface area contributed by atoms with Gasteiger partial charge in [0, 0.05) is 56.4 Å². The van der Waals surface area contributed by atoms with Crippen molar-refractivity contribution in [2.45, 2.75) is 24.8 Å². The van der Waals surface area contributed by atoms with Crippen LogP contribution in [0.1, 0.15) is 27.7 Å². The predicted molar refractivity (Wildman–Crippen MR) is 164 cm³/mol. The zero-order chi connectivity index (χ0) is 29.0. The number of carbonyl (C=O) groups is 1. The molecule has 9 nitrogen and oxygen atoms in total. The predicted octanol–water partition coefficient (Wildman–Crippen LogP) is 4.94. The molecule has 0 fully saturated rings. The van der Waals surface area contributed by atoms with Gasteiger partial charge in [0.15, 0.2) is 0 Å². The zero-order valence-corrected chi connectivity index (χ0v) is 25.8. The Balaban J connectivity index is 1.42. The maximum Gasteiger partial charge on any atom is 0.256 e. The number of hydrogen-bond donors (Lipinski definition) is 1. The molecule has 0 radical (unpaired) electrons. The van der Waals surface area contributed by atoms with Gasteiger partial charge in [-0.2, -0.15) is 4.31 Å². The van der Waals surface area contributed by atoms with Gasteiger partial charge in [0.1, 0.15) is 10.0 Å². The van der Waals surface area contributed by atoms with Gasteiger partial charge >= 0.3 is 0 Å². The fraction of sp³-hybridized carbons (Fsp3) is 0.379. The lowest BCUT2D eigenvalue weighted by atomic mass is 10.0. The fourth-order valence-corrected chi connectivity index (χ4v) is 8.66. The standard InChI is InChI=1S/C29H34N4O5S3/c1-4-32-14-13-22-25(19-32)40-29(26(22)28-30-23-7-5-6-8-24(23)39-28)31-27(34)20-9-11-21(12-10-20)41(35,36)33(15-17-37-2)16-18-38-3/h5-12H,4,13-19H2,1-3H3,(H,31,34). The van der Waals surface area contributed by atoms with E-state index in [1.807, 2.05) is 18.2 Å². The minimum Gasteiger partial charge on any atom is -0.383 e. The Bertz CT molecular complexity index is 1570. The number of methoxy groups -OCH3 is 2. The molecule has 2 aromatic carbocycles. The number of aromatic nitrogens is 1. The van der Waals surface area contributed by atoms with Crippen LogP contribution in [0.4, 0.5) is 5.00 Å². The number of anilines is 1. The molecule has 1 aliphatic rings. The lowest BCUT2D eigenvalue weighted by Gasteiger charge is -2.25. The van der Waals surface area contributed by atoms with Gasteiger partial charge in [-0.3, -0.25) is 9.69 Å². The van der Waals surface area contributed by atoms with E-state index in [4.69, 9.17) is 14.5 Å². The fourth-order valence-electron chi connectivity index (χ4n) is 4.86. The minimum atomic E-state index is -3.78. The van der Waals surface area contributed by atoms with Crippen molar-refractivity contribution in [1.29, 1.82) is 0 Å². The van der Waals surface area contributed by atoms with E-state index in [9.17, 15) is 13.2 Å². The average molecular weight is 615 g/mol. The van der Waals surface area contributed by atoms with Crippen molar-refractivity contribution < 1.29 is 22.7 Å². The number of thiazole rings is 1. The van der Waals surface area contributed by atoms with Crippen LogP contribution in [-0.4, -0.2) is 82.1 Å². The van der Waals surface area contributed by atoms with E-state index in [1.165, 1.54) is 41.1 Å². The smallest absolute Gasteiger partial charge is 0.256 e. The van der Waals surface area contributed by atoms with E-state index in [-0.39, 0.29) is 37.1 Å². The van der Waals surface area contributed by atoms with Crippen LogP contribution in [0, 0.1) is 0 Å². The molecule has 218 valence electrons. The van der Waals surface area contributed by atoms with Crippen molar-refractivity contribution in [1.82, 2.24) is 14.2 Å². The first kappa shape index (κ1) is 29.8. The molecular formula is C29H34N4O5S3. The minimum absolute atomic E-state index is 0.114. The van der Waals surface area contributed by atoms with Gasteiger partial charge < -0.3 is 14.8 Å². The summed E-state index contributed by atoms with van der Waals surface area (Å²) < 4.78 is 39.1.